The number of thioether (sulfide) groups is 1. The molecule has 1 amide bonds. The van der Waals surface area contributed by atoms with Crippen molar-refractivity contribution in [1.29, 1.82) is 0 Å². The fourth-order valence-electron chi connectivity index (χ4n) is 3.98. The highest BCUT2D eigenvalue weighted by molar-refractivity contribution is 8.14. The van der Waals surface area contributed by atoms with Gasteiger partial charge < -0.3 is 19.9 Å². The summed E-state index contributed by atoms with van der Waals surface area (Å²) in [5.41, 5.74) is 1.66. The van der Waals surface area contributed by atoms with E-state index in [1.165, 1.54) is 0 Å². The Balaban J connectivity index is 1.82. The zero-order valence-electron chi connectivity index (χ0n) is 16.9. The van der Waals surface area contributed by atoms with E-state index in [4.69, 9.17) is 9.47 Å². The summed E-state index contributed by atoms with van der Waals surface area (Å²) in [4.78, 5) is 24.3. The van der Waals surface area contributed by atoms with Gasteiger partial charge >= 0.3 is 5.97 Å². The van der Waals surface area contributed by atoms with Gasteiger partial charge in [-0.1, -0.05) is 36.4 Å². The highest BCUT2D eigenvalue weighted by Crippen LogP contribution is 2.37. The van der Waals surface area contributed by atoms with Crippen molar-refractivity contribution < 1.29 is 24.2 Å². The number of amides is 1. The highest BCUT2D eigenvalue weighted by Gasteiger charge is 2.49. The summed E-state index contributed by atoms with van der Waals surface area (Å²) in [5.74, 6) is -0.991. The lowest BCUT2D eigenvalue weighted by Gasteiger charge is -2.43. The van der Waals surface area contributed by atoms with Crippen LogP contribution < -0.4 is 5.32 Å². The Labute approximate surface area is 171 Å². The maximum atomic E-state index is 12.6. The van der Waals surface area contributed by atoms with Crippen molar-refractivity contribution in [2.75, 3.05) is 5.75 Å². The summed E-state index contributed by atoms with van der Waals surface area (Å²) in [7, 11) is 0. The maximum absolute atomic E-state index is 12.6. The number of fused-ring (bicyclic) bond motifs is 2. The van der Waals surface area contributed by atoms with Crippen LogP contribution in [0.25, 0.3) is 0 Å². The number of hydrogen-bond donors (Lipinski definition) is 2. The van der Waals surface area contributed by atoms with Crippen LogP contribution in [0.4, 0.5) is 4.79 Å². The molecular formula is C21H31NO5S. The first-order chi connectivity index (χ1) is 13.3. The molecule has 0 spiro atoms. The molecule has 3 rings (SSSR count). The molecule has 2 N–H and O–H groups in total. The number of hydrogen-bond acceptors (Lipinski definition) is 6. The molecule has 7 heteroatoms. The molecule has 0 unspecified atom stereocenters. The van der Waals surface area contributed by atoms with E-state index in [2.05, 4.69) is 24.4 Å². The zero-order chi connectivity index (χ0) is 20.3. The van der Waals surface area contributed by atoms with Gasteiger partial charge in [-0.2, -0.15) is 0 Å². The lowest BCUT2D eigenvalue weighted by molar-refractivity contribution is -0.283. The van der Waals surface area contributed by atoms with Crippen molar-refractivity contribution in [2.45, 2.75) is 83.3 Å². The molecule has 0 radical (unpaired) electrons. The van der Waals surface area contributed by atoms with Gasteiger partial charge in [-0.3, -0.25) is 4.79 Å². The van der Waals surface area contributed by atoms with Crippen LogP contribution in [0.2, 0.25) is 0 Å². The van der Waals surface area contributed by atoms with E-state index in [9.17, 15) is 14.7 Å². The zero-order valence-corrected chi connectivity index (χ0v) is 17.7. The van der Waals surface area contributed by atoms with Crippen molar-refractivity contribution in [2.24, 2.45) is 5.92 Å². The SMILES string of the molecule is C/C1=C(\C)C(=O)O[C@@H]2C[C@@H](CC[C@H](C)/C=C\CC1)O[C@@](O)([C@@H]1CSC(=O)N1)C2. The van der Waals surface area contributed by atoms with Gasteiger partial charge in [0.25, 0.3) is 5.24 Å². The number of ether oxygens (including phenoxy) is 2. The normalized spacial score (nSPS) is 41.7. The fraction of sp³-hybridized carbons (Fsp3) is 0.714. The Morgan fingerprint density at radius 3 is 2.75 bits per heavy atom. The molecule has 0 saturated carbocycles. The molecule has 3 aliphatic heterocycles. The number of esters is 1. The van der Waals surface area contributed by atoms with Crippen molar-refractivity contribution >= 4 is 23.0 Å². The maximum Gasteiger partial charge on any atom is 0.333 e. The first-order valence-electron chi connectivity index (χ1n) is 10.1. The van der Waals surface area contributed by atoms with Crippen molar-refractivity contribution in [3.05, 3.63) is 23.3 Å². The minimum Gasteiger partial charge on any atom is -0.459 e. The fourth-order valence-corrected chi connectivity index (χ4v) is 4.87. The standard InChI is InChI=1S/C21H31NO5S/c1-13-6-4-5-7-14(2)15(3)19(23)26-17-10-16(9-8-13)27-21(25,11-17)18-12-28-20(24)22-18/h4,6,13,16-18,25H,5,7-12H2,1-3H3,(H,22,24)/b6-4-,15-14-/t13-,16-,17-,18+,21-/m1/s1. The lowest BCUT2D eigenvalue weighted by Crippen LogP contribution is -2.58. The summed E-state index contributed by atoms with van der Waals surface area (Å²) in [5, 5.41) is 13.8. The minimum absolute atomic E-state index is 0.159. The van der Waals surface area contributed by atoms with E-state index in [1.807, 2.05) is 6.92 Å². The van der Waals surface area contributed by atoms with E-state index in [1.54, 1.807) is 6.92 Å². The van der Waals surface area contributed by atoms with Crippen LogP contribution in [0.5, 0.6) is 0 Å². The summed E-state index contributed by atoms with van der Waals surface area (Å²) >= 11 is 1.14. The molecule has 0 aromatic heterocycles. The quantitative estimate of drug-likeness (QED) is 0.507. The van der Waals surface area contributed by atoms with Crippen molar-refractivity contribution in [1.82, 2.24) is 5.32 Å². The topological polar surface area (TPSA) is 84.9 Å². The van der Waals surface area contributed by atoms with Gasteiger partial charge in [-0.25, -0.2) is 4.79 Å². The van der Waals surface area contributed by atoms with Gasteiger partial charge in [0, 0.05) is 24.2 Å². The van der Waals surface area contributed by atoms with E-state index >= 15 is 0 Å². The van der Waals surface area contributed by atoms with E-state index in [0.717, 1.165) is 43.0 Å². The van der Waals surface area contributed by atoms with Gasteiger partial charge in [0.2, 0.25) is 0 Å². The lowest BCUT2D eigenvalue weighted by atomic mass is 9.90. The van der Waals surface area contributed by atoms with Crippen LogP contribution in [-0.2, 0) is 14.3 Å². The second-order valence-electron chi connectivity index (χ2n) is 8.27. The van der Waals surface area contributed by atoms with E-state index < -0.39 is 17.9 Å². The van der Waals surface area contributed by atoms with Gasteiger partial charge in [-0.05, 0) is 45.4 Å². The third-order valence-electron chi connectivity index (χ3n) is 5.95. The molecule has 2 fully saturated rings. The third kappa shape index (κ3) is 5.19. The minimum atomic E-state index is -1.52. The first kappa shape index (κ1) is 21.4. The number of allylic oxidation sites excluding steroid dienone is 3. The molecule has 3 aliphatic rings. The Hall–Kier alpha value is -1.31. The van der Waals surface area contributed by atoms with Gasteiger partial charge in [0.1, 0.15) is 6.10 Å². The number of rotatable bonds is 1. The van der Waals surface area contributed by atoms with E-state index in [-0.39, 0.29) is 23.7 Å². The second-order valence-corrected chi connectivity index (χ2v) is 9.27. The van der Waals surface area contributed by atoms with Gasteiger partial charge in [-0.15, -0.1) is 0 Å². The number of carbonyl (C=O) groups excluding carboxylic acids is 2. The monoisotopic (exact) mass is 409 g/mol. The summed E-state index contributed by atoms with van der Waals surface area (Å²) in [6.45, 7) is 5.94. The predicted molar refractivity (Wildman–Crippen MR) is 109 cm³/mol. The third-order valence-corrected chi connectivity index (χ3v) is 6.83. The summed E-state index contributed by atoms with van der Waals surface area (Å²) in [6, 6.07) is -0.497. The van der Waals surface area contributed by atoms with Gasteiger partial charge in [0.15, 0.2) is 5.79 Å². The molecule has 0 aliphatic carbocycles. The number of carbonyl (C=O) groups is 2. The molecule has 6 nitrogen and oxygen atoms in total. The average Bonchev–Trinajstić information content (AvgIpc) is 3.09. The molecule has 156 valence electrons. The number of aliphatic hydroxyl groups is 1. The summed E-state index contributed by atoms with van der Waals surface area (Å²) < 4.78 is 11.9. The molecule has 28 heavy (non-hydrogen) atoms. The molecule has 0 aromatic carbocycles. The van der Waals surface area contributed by atoms with E-state index in [0.29, 0.717) is 23.7 Å². The summed E-state index contributed by atoms with van der Waals surface area (Å²) in [6.07, 6.45) is 7.89. The van der Waals surface area contributed by atoms with Gasteiger partial charge in [0.05, 0.1) is 12.1 Å². The number of nitrogens with one attached hydrogen (secondary N) is 1. The molecule has 2 saturated heterocycles. The Bertz CT molecular complexity index is 676. The smallest absolute Gasteiger partial charge is 0.333 e. The molecule has 5 atom stereocenters. The molecule has 0 aromatic rings. The first-order valence-corrected chi connectivity index (χ1v) is 11.1. The highest BCUT2D eigenvalue weighted by atomic mass is 32.2. The molecule has 2 bridgehead atoms. The van der Waals surface area contributed by atoms with Crippen LogP contribution in [0.1, 0.15) is 59.3 Å². The van der Waals surface area contributed by atoms with Crippen LogP contribution in [-0.4, -0.2) is 46.1 Å². The van der Waals surface area contributed by atoms with Crippen LogP contribution >= 0.6 is 11.8 Å². The molecule has 3 heterocycles. The Kier molecular flexibility index (Phi) is 6.89. The predicted octanol–water partition coefficient (Wildman–Crippen LogP) is 3.69. The van der Waals surface area contributed by atoms with Crippen LogP contribution in [0, 0.1) is 5.92 Å². The average molecular weight is 410 g/mol. The molecular weight excluding hydrogens is 378 g/mol. The largest absolute Gasteiger partial charge is 0.459 e. The Morgan fingerprint density at radius 1 is 1.25 bits per heavy atom. The second kappa shape index (κ2) is 9.01. The Morgan fingerprint density at radius 2 is 2.04 bits per heavy atom. The van der Waals surface area contributed by atoms with Crippen molar-refractivity contribution in [3.8, 4) is 0 Å². The van der Waals surface area contributed by atoms with Crippen molar-refractivity contribution in [3.63, 3.8) is 0 Å². The van der Waals surface area contributed by atoms with Crippen LogP contribution in [0.15, 0.2) is 23.3 Å². The van der Waals surface area contributed by atoms with Crippen LogP contribution in [0.3, 0.4) is 0 Å².